The van der Waals surface area contributed by atoms with Gasteiger partial charge in [-0.2, -0.15) is 0 Å². The van der Waals surface area contributed by atoms with Gasteiger partial charge in [-0.25, -0.2) is 0 Å². The highest BCUT2D eigenvalue weighted by Gasteiger charge is 2.51. The summed E-state index contributed by atoms with van der Waals surface area (Å²) in [6.45, 7) is 8.25. The number of rotatable bonds is 2. The normalized spacial score (nSPS) is 20.8. The number of anilines is 1. The Morgan fingerprint density at radius 2 is 1.50 bits per heavy atom. The van der Waals surface area contributed by atoms with E-state index in [4.69, 9.17) is 14.1 Å². The molecule has 6 heteroatoms. The van der Waals surface area contributed by atoms with E-state index in [0.717, 1.165) is 21.8 Å². The fraction of sp³-hybridized carbons (Fsp3) is 0.333. The molecule has 0 amide bonds. The zero-order valence-corrected chi connectivity index (χ0v) is 15.1. The van der Waals surface area contributed by atoms with Crippen LogP contribution in [0.25, 0.3) is 0 Å². The lowest BCUT2D eigenvalue weighted by Gasteiger charge is -2.32. The molecule has 2 aliphatic heterocycles. The Labute approximate surface area is 147 Å². The maximum absolute atomic E-state index is 6.09. The summed E-state index contributed by atoms with van der Waals surface area (Å²) in [5, 5.41) is 0. The highest BCUT2D eigenvalue weighted by Crippen LogP contribution is 2.42. The molecule has 1 fully saturated rings. The van der Waals surface area contributed by atoms with Gasteiger partial charge in [0.1, 0.15) is 0 Å². The van der Waals surface area contributed by atoms with E-state index in [1.54, 1.807) is 11.9 Å². The lowest BCUT2D eigenvalue weighted by molar-refractivity contribution is 0.00578. The van der Waals surface area contributed by atoms with E-state index in [1.165, 1.54) is 0 Å². The molecule has 2 heterocycles. The van der Waals surface area contributed by atoms with Crippen LogP contribution in [0, 0.1) is 0 Å². The molecular formula is C18H20BNO3S. The third-order valence-electron chi connectivity index (χ3n) is 4.84. The van der Waals surface area contributed by atoms with Gasteiger partial charge in [0.2, 0.25) is 0 Å². The highest BCUT2D eigenvalue weighted by molar-refractivity contribution is 8.00. The standard InChI is InChI=1S/C18H20BNO3S/c1-17(2)18(3,4)23-19(22-17)13-9-11-14(12-10-13)20-21-15-7-5-6-8-16(15)24-20/h5-12H,1-4H3. The zero-order valence-electron chi connectivity index (χ0n) is 14.3. The maximum atomic E-state index is 6.09. The van der Waals surface area contributed by atoms with Crippen molar-refractivity contribution in [2.75, 3.05) is 4.47 Å². The second kappa shape index (κ2) is 5.44. The summed E-state index contributed by atoms with van der Waals surface area (Å²) in [5.74, 6) is 0.887. The van der Waals surface area contributed by atoms with Crippen LogP contribution in [0.5, 0.6) is 5.75 Å². The van der Waals surface area contributed by atoms with Gasteiger partial charge in [-0.05, 0) is 57.4 Å². The lowest BCUT2D eigenvalue weighted by atomic mass is 9.79. The van der Waals surface area contributed by atoms with Crippen molar-refractivity contribution in [2.45, 2.75) is 43.8 Å². The number of para-hydroxylation sites is 1. The average molecular weight is 341 g/mol. The summed E-state index contributed by atoms with van der Waals surface area (Å²) < 4.78 is 14.0. The van der Waals surface area contributed by atoms with Crippen molar-refractivity contribution in [1.29, 1.82) is 0 Å². The molecule has 0 saturated carbocycles. The van der Waals surface area contributed by atoms with Gasteiger partial charge in [0, 0.05) is 11.9 Å². The van der Waals surface area contributed by atoms with Crippen molar-refractivity contribution in [3.63, 3.8) is 0 Å². The number of fused-ring (bicyclic) bond motifs is 1. The minimum Gasteiger partial charge on any atom is -0.399 e. The van der Waals surface area contributed by atoms with Crippen molar-refractivity contribution < 1.29 is 14.1 Å². The molecular weight excluding hydrogens is 321 g/mol. The topological polar surface area (TPSA) is 30.9 Å². The van der Waals surface area contributed by atoms with Crippen LogP contribution in [0.4, 0.5) is 5.69 Å². The molecule has 0 aliphatic carbocycles. The molecule has 0 unspecified atom stereocenters. The Morgan fingerprint density at radius 1 is 0.875 bits per heavy atom. The Kier molecular flexibility index (Phi) is 3.60. The van der Waals surface area contributed by atoms with Crippen LogP contribution in [-0.2, 0) is 9.31 Å². The van der Waals surface area contributed by atoms with Crippen LogP contribution in [0.15, 0.2) is 53.4 Å². The largest absolute Gasteiger partial charge is 0.494 e. The van der Waals surface area contributed by atoms with E-state index in [0.29, 0.717) is 0 Å². The van der Waals surface area contributed by atoms with E-state index >= 15 is 0 Å². The first-order valence-electron chi connectivity index (χ1n) is 8.06. The first-order valence-corrected chi connectivity index (χ1v) is 8.84. The van der Waals surface area contributed by atoms with Crippen molar-refractivity contribution in [3.8, 4) is 5.75 Å². The fourth-order valence-electron chi connectivity index (χ4n) is 2.64. The van der Waals surface area contributed by atoms with E-state index in [-0.39, 0.29) is 18.3 Å². The Morgan fingerprint density at radius 3 is 2.12 bits per heavy atom. The van der Waals surface area contributed by atoms with Gasteiger partial charge in [0.15, 0.2) is 5.75 Å². The number of hydrogen-bond acceptors (Lipinski definition) is 5. The Hall–Kier alpha value is -1.63. The molecule has 0 aromatic heterocycles. The predicted octanol–water partition coefficient (Wildman–Crippen LogP) is 3.81. The molecule has 0 radical (unpaired) electrons. The quantitative estimate of drug-likeness (QED) is 0.612. The summed E-state index contributed by atoms with van der Waals surface area (Å²) >= 11 is 1.58. The molecule has 1 saturated heterocycles. The number of benzene rings is 2. The van der Waals surface area contributed by atoms with Gasteiger partial charge in [-0.3, -0.25) is 0 Å². The molecule has 0 spiro atoms. The zero-order chi connectivity index (χ0) is 16.9. The molecule has 0 N–H and O–H groups in total. The first-order chi connectivity index (χ1) is 11.4. The highest BCUT2D eigenvalue weighted by atomic mass is 32.2. The molecule has 4 nitrogen and oxygen atoms in total. The second-order valence-corrected chi connectivity index (χ2v) is 8.02. The van der Waals surface area contributed by atoms with Crippen LogP contribution < -0.4 is 14.8 Å². The lowest BCUT2D eigenvalue weighted by Crippen LogP contribution is -2.41. The van der Waals surface area contributed by atoms with E-state index in [2.05, 4.69) is 33.8 Å². The molecule has 24 heavy (non-hydrogen) atoms. The predicted molar refractivity (Wildman–Crippen MR) is 97.6 cm³/mol. The first kappa shape index (κ1) is 15.9. The van der Waals surface area contributed by atoms with Crippen LogP contribution in [0.2, 0.25) is 0 Å². The third-order valence-corrected chi connectivity index (χ3v) is 5.83. The van der Waals surface area contributed by atoms with Gasteiger partial charge in [0.05, 0.1) is 21.8 Å². The molecule has 124 valence electrons. The van der Waals surface area contributed by atoms with Gasteiger partial charge in [-0.1, -0.05) is 24.3 Å². The van der Waals surface area contributed by atoms with Gasteiger partial charge < -0.3 is 14.1 Å². The molecule has 2 aromatic carbocycles. The van der Waals surface area contributed by atoms with Crippen molar-refractivity contribution >= 4 is 30.2 Å². The van der Waals surface area contributed by atoms with Crippen molar-refractivity contribution in [2.24, 2.45) is 0 Å². The summed E-state index contributed by atoms with van der Waals surface area (Å²) in [6.07, 6.45) is 0. The van der Waals surface area contributed by atoms with Crippen molar-refractivity contribution in [1.82, 2.24) is 0 Å². The second-order valence-electron chi connectivity index (χ2n) is 7.07. The molecule has 0 bridgehead atoms. The van der Waals surface area contributed by atoms with E-state index in [1.807, 2.05) is 46.9 Å². The van der Waals surface area contributed by atoms with Crippen LogP contribution in [-0.4, -0.2) is 18.3 Å². The summed E-state index contributed by atoms with van der Waals surface area (Å²) in [4.78, 5) is 6.98. The average Bonchev–Trinajstić information content (AvgIpc) is 3.06. The fourth-order valence-corrected chi connectivity index (χ4v) is 3.49. The Bertz CT molecular complexity index is 722. The van der Waals surface area contributed by atoms with Crippen LogP contribution >= 0.6 is 11.9 Å². The van der Waals surface area contributed by atoms with Crippen LogP contribution in [0.1, 0.15) is 27.7 Å². The van der Waals surface area contributed by atoms with Gasteiger partial charge >= 0.3 is 7.12 Å². The summed E-state index contributed by atoms with van der Waals surface area (Å²) in [5.41, 5.74) is 1.34. The van der Waals surface area contributed by atoms with Crippen LogP contribution in [0.3, 0.4) is 0 Å². The molecule has 2 aliphatic rings. The minimum absolute atomic E-state index is 0.327. The molecule has 4 rings (SSSR count). The molecule has 2 aromatic rings. The summed E-state index contributed by atoms with van der Waals surface area (Å²) in [6, 6.07) is 16.1. The van der Waals surface area contributed by atoms with Gasteiger partial charge in [-0.15, -0.1) is 4.47 Å². The number of nitrogens with zero attached hydrogens (tertiary/aromatic N) is 1. The Balaban J connectivity index is 1.51. The monoisotopic (exact) mass is 341 g/mol. The number of hydrogen-bond donors (Lipinski definition) is 0. The maximum Gasteiger partial charge on any atom is 0.494 e. The van der Waals surface area contributed by atoms with E-state index < -0.39 is 0 Å². The summed E-state index contributed by atoms with van der Waals surface area (Å²) in [7, 11) is -0.339. The minimum atomic E-state index is -0.339. The van der Waals surface area contributed by atoms with Crippen molar-refractivity contribution in [3.05, 3.63) is 48.5 Å². The molecule has 0 atom stereocenters. The smallest absolute Gasteiger partial charge is 0.399 e. The third kappa shape index (κ3) is 2.59. The van der Waals surface area contributed by atoms with Gasteiger partial charge in [0.25, 0.3) is 0 Å². The SMILES string of the molecule is CC1(C)OB(c2ccc(N3Oc4ccccc4S3)cc2)OC1(C)C. The van der Waals surface area contributed by atoms with E-state index in [9.17, 15) is 0 Å².